The summed E-state index contributed by atoms with van der Waals surface area (Å²) in [6.45, 7) is 6.10. The molecule has 0 N–H and O–H groups in total. The number of hydrogen-bond donors (Lipinski definition) is 0. The van der Waals surface area contributed by atoms with Gasteiger partial charge in [-0.2, -0.15) is 0 Å². The van der Waals surface area contributed by atoms with E-state index < -0.39 is 0 Å². The van der Waals surface area contributed by atoms with Crippen LogP contribution in [-0.2, 0) is 9.59 Å². The quantitative estimate of drug-likeness (QED) is 0.596. The van der Waals surface area contributed by atoms with Crippen molar-refractivity contribution >= 4 is 11.7 Å². The third-order valence-electron chi connectivity index (χ3n) is 3.56. The van der Waals surface area contributed by atoms with Crippen molar-refractivity contribution in [1.29, 1.82) is 0 Å². The molecule has 13 heavy (non-hydrogen) atoms. The van der Waals surface area contributed by atoms with Crippen molar-refractivity contribution in [1.82, 2.24) is 4.90 Å². The highest BCUT2D eigenvalue weighted by Crippen LogP contribution is 2.55. The molecule has 3 nitrogen and oxygen atoms in total. The van der Waals surface area contributed by atoms with Crippen LogP contribution in [-0.4, -0.2) is 29.2 Å². The van der Waals surface area contributed by atoms with Crippen LogP contribution >= 0.6 is 0 Å². The topological polar surface area (TPSA) is 37.4 Å². The molecule has 3 heteroatoms. The minimum Gasteiger partial charge on any atom is -0.332 e. The summed E-state index contributed by atoms with van der Waals surface area (Å²) in [7, 11) is 0. The maximum absolute atomic E-state index is 11.3. The van der Waals surface area contributed by atoms with Crippen molar-refractivity contribution in [3.63, 3.8) is 0 Å². The molecule has 4 atom stereocenters. The number of carbonyl (C=O) groups excluding carboxylic acids is 2. The molecular weight excluding hydrogens is 166 g/mol. The predicted molar refractivity (Wildman–Crippen MR) is 48.0 cm³/mol. The molecule has 1 saturated heterocycles. The summed E-state index contributed by atoms with van der Waals surface area (Å²) >= 11 is 0. The van der Waals surface area contributed by atoms with Gasteiger partial charge in [-0.15, -0.1) is 0 Å². The molecule has 1 aliphatic carbocycles. The van der Waals surface area contributed by atoms with Gasteiger partial charge in [0.15, 0.2) is 5.78 Å². The first kappa shape index (κ1) is 8.73. The van der Waals surface area contributed by atoms with Crippen LogP contribution in [0.3, 0.4) is 0 Å². The molecule has 0 bridgehead atoms. The standard InChI is InChI=1S/C10H15NO2/c1-5-8-4-11(7(3)13)10(6(2)12)9(5)8/h5,8-10H,4H2,1-3H3/t5?,8-,9+,10?/m1/s1. The van der Waals surface area contributed by atoms with Crippen LogP contribution in [0.2, 0.25) is 0 Å². The van der Waals surface area contributed by atoms with E-state index >= 15 is 0 Å². The van der Waals surface area contributed by atoms with E-state index in [1.165, 1.54) is 0 Å². The van der Waals surface area contributed by atoms with Gasteiger partial charge in [0.25, 0.3) is 0 Å². The Hall–Kier alpha value is -0.860. The Kier molecular flexibility index (Phi) is 1.72. The van der Waals surface area contributed by atoms with Crippen LogP contribution in [0.25, 0.3) is 0 Å². The van der Waals surface area contributed by atoms with Crippen LogP contribution < -0.4 is 0 Å². The third kappa shape index (κ3) is 1.10. The largest absolute Gasteiger partial charge is 0.332 e. The summed E-state index contributed by atoms with van der Waals surface area (Å²) in [5.41, 5.74) is 0. The maximum atomic E-state index is 11.3. The summed E-state index contributed by atoms with van der Waals surface area (Å²) in [6.07, 6.45) is 0. The average Bonchev–Trinajstić information content (AvgIpc) is 2.52. The number of piperidine rings is 1. The van der Waals surface area contributed by atoms with E-state index in [9.17, 15) is 9.59 Å². The van der Waals surface area contributed by atoms with E-state index in [4.69, 9.17) is 0 Å². The molecule has 1 heterocycles. The highest BCUT2D eigenvalue weighted by atomic mass is 16.2. The number of fused-ring (bicyclic) bond motifs is 1. The van der Waals surface area contributed by atoms with Crippen LogP contribution in [0.5, 0.6) is 0 Å². The van der Waals surface area contributed by atoms with E-state index in [1.54, 1.807) is 18.7 Å². The van der Waals surface area contributed by atoms with Gasteiger partial charge in [0, 0.05) is 13.5 Å². The summed E-state index contributed by atoms with van der Waals surface area (Å²) in [6, 6.07) is -0.113. The maximum Gasteiger partial charge on any atom is 0.220 e. The smallest absolute Gasteiger partial charge is 0.220 e. The zero-order chi connectivity index (χ0) is 9.75. The second-order valence-electron chi connectivity index (χ2n) is 4.33. The molecular formula is C10H15NO2. The molecule has 2 rings (SSSR count). The van der Waals surface area contributed by atoms with Crippen molar-refractivity contribution in [3.05, 3.63) is 0 Å². The monoisotopic (exact) mass is 181 g/mol. The fourth-order valence-corrected chi connectivity index (χ4v) is 2.75. The number of rotatable bonds is 1. The van der Waals surface area contributed by atoms with Crippen molar-refractivity contribution in [3.8, 4) is 0 Å². The van der Waals surface area contributed by atoms with Gasteiger partial charge in [-0.25, -0.2) is 0 Å². The lowest BCUT2D eigenvalue weighted by molar-refractivity contribution is -0.136. The number of likely N-dealkylation sites (tertiary alicyclic amines) is 1. The van der Waals surface area contributed by atoms with E-state index in [1.807, 2.05) is 0 Å². The molecule has 0 aromatic carbocycles. The highest BCUT2D eigenvalue weighted by Gasteiger charge is 2.60. The van der Waals surface area contributed by atoms with Gasteiger partial charge < -0.3 is 4.90 Å². The number of carbonyl (C=O) groups is 2. The molecule has 2 fully saturated rings. The van der Waals surface area contributed by atoms with Gasteiger partial charge in [0.05, 0.1) is 6.04 Å². The third-order valence-corrected chi connectivity index (χ3v) is 3.56. The molecule has 2 unspecified atom stereocenters. The van der Waals surface area contributed by atoms with E-state index in [2.05, 4.69) is 6.92 Å². The van der Waals surface area contributed by atoms with Gasteiger partial charge in [0.2, 0.25) is 5.91 Å². The molecule has 1 amide bonds. The number of ketones is 1. The van der Waals surface area contributed by atoms with Gasteiger partial charge in [-0.3, -0.25) is 9.59 Å². The van der Waals surface area contributed by atoms with Gasteiger partial charge in [-0.05, 0) is 24.7 Å². The Labute approximate surface area is 78.1 Å². The lowest BCUT2D eigenvalue weighted by atomic mass is 10.1. The number of nitrogens with zero attached hydrogens (tertiary/aromatic N) is 1. The van der Waals surface area contributed by atoms with Crippen LogP contribution in [0.15, 0.2) is 0 Å². The first-order valence-corrected chi connectivity index (χ1v) is 4.81. The number of Topliss-reactive ketones (excluding diaryl/α,β-unsaturated/α-hetero) is 1. The average molecular weight is 181 g/mol. The second kappa shape index (κ2) is 2.56. The molecule has 2 aliphatic rings. The first-order valence-electron chi connectivity index (χ1n) is 4.81. The predicted octanol–water partition coefficient (Wildman–Crippen LogP) is 0.688. The Morgan fingerprint density at radius 3 is 2.38 bits per heavy atom. The normalized spacial score (nSPS) is 41.6. The molecule has 1 aliphatic heterocycles. The second-order valence-corrected chi connectivity index (χ2v) is 4.33. The van der Waals surface area contributed by atoms with Crippen molar-refractivity contribution in [2.75, 3.05) is 6.54 Å². The van der Waals surface area contributed by atoms with Crippen molar-refractivity contribution in [2.24, 2.45) is 17.8 Å². The van der Waals surface area contributed by atoms with Crippen LogP contribution in [0.1, 0.15) is 20.8 Å². The zero-order valence-electron chi connectivity index (χ0n) is 8.28. The van der Waals surface area contributed by atoms with Crippen LogP contribution in [0, 0.1) is 17.8 Å². The van der Waals surface area contributed by atoms with Crippen LogP contribution in [0.4, 0.5) is 0 Å². The molecule has 0 radical (unpaired) electrons. The number of amides is 1. The molecule has 0 spiro atoms. The Morgan fingerprint density at radius 2 is 1.92 bits per heavy atom. The van der Waals surface area contributed by atoms with Crippen molar-refractivity contribution in [2.45, 2.75) is 26.8 Å². The zero-order valence-corrected chi connectivity index (χ0v) is 8.28. The fourth-order valence-electron chi connectivity index (χ4n) is 2.75. The van der Waals surface area contributed by atoms with Crippen molar-refractivity contribution < 1.29 is 9.59 Å². The minimum absolute atomic E-state index is 0.0413. The lowest BCUT2D eigenvalue weighted by Crippen LogP contribution is -2.42. The Balaban J connectivity index is 2.18. The van der Waals surface area contributed by atoms with Gasteiger partial charge in [0.1, 0.15) is 0 Å². The first-order chi connectivity index (χ1) is 6.04. The molecule has 0 aromatic heterocycles. The Bertz CT molecular complexity index is 274. The highest BCUT2D eigenvalue weighted by molar-refractivity contribution is 5.88. The van der Waals surface area contributed by atoms with Gasteiger partial charge in [-0.1, -0.05) is 6.92 Å². The molecule has 0 aromatic rings. The Morgan fingerprint density at radius 1 is 1.31 bits per heavy atom. The summed E-state index contributed by atoms with van der Waals surface area (Å²) < 4.78 is 0. The fraction of sp³-hybridized carbons (Fsp3) is 0.800. The minimum atomic E-state index is -0.113. The SMILES string of the molecule is CC(=O)C1[C@H]2C(C)[C@H]2CN1C(C)=O. The van der Waals surface area contributed by atoms with E-state index in [-0.39, 0.29) is 17.7 Å². The summed E-state index contributed by atoms with van der Waals surface area (Å²) in [4.78, 5) is 24.3. The summed E-state index contributed by atoms with van der Waals surface area (Å²) in [5, 5.41) is 0. The summed E-state index contributed by atoms with van der Waals surface area (Å²) in [5.74, 6) is 1.88. The lowest BCUT2D eigenvalue weighted by Gasteiger charge is -2.25. The van der Waals surface area contributed by atoms with E-state index in [0.717, 1.165) is 6.54 Å². The number of hydrogen-bond acceptors (Lipinski definition) is 2. The molecule has 72 valence electrons. The molecule has 1 saturated carbocycles. The van der Waals surface area contributed by atoms with Gasteiger partial charge >= 0.3 is 0 Å². The van der Waals surface area contributed by atoms with E-state index in [0.29, 0.717) is 17.8 Å².